The Kier molecular flexibility index (Phi) is 8.57. The maximum absolute atomic E-state index is 9.70. The molecule has 0 spiro atoms. The van der Waals surface area contributed by atoms with Crippen molar-refractivity contribution in [2.75, 3.05) is 40.6 Å². The summed E-state index contributed by atoms with van der Waals surface area (Å²) in [7, 11) is 3.47. The summed E-state index contributed by atoms with van der Waals surface area (Å²) >= 11 is 6.11. The maximum Gasteiger partial charge on any atom is 0.138 e. The first-order valence-electron chi connectivity index (χ1n) is 6.48. The summed E-state index contributed by atoms with van der Waals surface area (Å²) in [4.78, 5) is 0. The first kappa shape index (κ1) is 17.2. The molecule has 0 saturated heterocycles. The molecule has 1 aromatic rings. The van der Waals surface area contributed by atoms with Crippen molar-refractivity contribution < 1.29 is 19.3 Å². The van der Waals surface area contributed by atoms with Gasteiger partial charge in [0.15, 0.2) is 0 Å². The van der Waals surface area contributed by atoms with Crippen molar-refractivity contribution in [3.8, 4) is 5.75 Å². The van der Waals surface area contributed by atoms with Crippen LogP contribution in [0.1, 0.15) is 5.56 Å². The molecule has 0 amide bonds. The Morgan fingerprint density at radius 2 is 2.10 bits per heavy atom. The first-order valence-corrected chi connectivity index (χ1v) is 6.85. The van der Waals surface area contributed by atoms with Crippen molar-refractivity contribution in [1.29, 1.82) is 0 Å². The third-order valence-corrected chi connectivity index (χ3v) is 2.85. The fourth-order valence-corrected chi connectivity index (χ4v) is 1.83. The number of aliphatic hydroxyl groups excluding tert-OH is 1. The molecule has 0 radical (unpaired) electrons. The Hall–Kier alpha value is -0.850. The predicted octanol–water partition coefficient (Wildman–Crippen LogP) is 1.46. The quantitative estimate of drug-likeness (QED) is 0.641. The fourth-order valence-electron chi connectivity index (χ4n) is 1.57. The Balaban J connectivity index is 2.33. The van der Waals surface area contributed by atoms with Gasteiger partial charge in [0.1, 0.15) is 18.5 Å². The lowest BCUT2D eigenvalue weighted by molar-refractivity contribution is -0.00417. The van der Waals surface area contributed by atoms with Gasteiger partial charge in [-0.15, -0.1) is 0 Å². The van der Waals surface area contributed by atoms with Crippen LogP contribution in [0, 0.1) is 0 Å². The number of methoxy groups -OCH3 is 1. The van der Waals surface area contributed by atoms with E-state index in [0.717, 1.165) is 12.1 Å². The topological polar surface area (TPSA) is 60.0 Å². The molecule has 0 heterocycles. The molecule has 1 aromatic carbocycles. The van der Waals surface area contributed by atoms with Gasteiger partial charge in [0.25, 0.3) is 0 Å². The van der Waals surface area contributed by atoms with Crippen LogP contribution in [0.3, 0.4) is 0 Å². The van der Waals surface area contributed by atoms with Gasteiger partial charge in [-0.1, -0.05) is 17.7 Å². The van der Waals surface area contributed by atoms with Crippen LogP contribution in [0.15, 0.2) is 18.2 Å². The number of halogens is 1. The van der Waals surface area contributed by atoms with Gasteiger partial charge < -0.3 is 24.6 Å². The number of nitrogens with one attached hydrogen (secondary N) is 1. The number of aliphatic hydroxyl groups is 1. The average molecular weight is 304 g/mol. The Labute approximate surface area is 124 Å². The van der Waals surface area contributed by atoms with Crippen molar-refractivity contribution >= 4 is 11.6 Å². The van der Waals surface area contributed by atoms with Crippen LogP contribution in [-0.2, 0) is 16.0 Å². The van der Waals surface area contributed by atoms with E-state index in [-0.39, 0.29) is 13.2 Å². The molecule has 1 unspecified atom stereocenters. The largest absolute Gasteiger partial charge is 0.489 e. The number of hydrogen-bond acceptors (Lipinski definition) is 5. The van der Waals surface area contributed by atoms with Gasteiger partial charge in [-0.2, -0.15) is 0 Å². The minimum atomic E-state index is -0.695. The summed E-state index contributed by atoms with van der Waals surface area (Å²) in [6, 6.07) is 5.57. The van der Waals surface area contributed by atoms with Gasteiger partial charge in [0, 0.05) is 13.7 Å². The van der Waals surface area contributed by atoms with Crippen LogP contribution < -0.4 is 10.1 Å². The van der Waals surface area contributed by atoms with Gasteiger partial charge in [-0.05, 0) is 24.7 Å². The Morgan fingerprint density at radius 3 is 2.75 bits per heavy atom. The van der Waals surface area contributed by atoms with E-state index in [9.17, 15) is 5.11 Å². The van der Waals surface area contributed by atoms with Crippen molar-refractivity contribution in [2.45, 2.75) is 12.6 Å². The smallest absolute Gasteiger partial charge is 0.138 e. The van der Waals surface area contributed by atoms with Crippen LogP contribution in [0.2, 0.25) is 5.02 Å². The third kappa shape index (κ3) is 6.54. The van der Waals surface area contributed by atoms with Gasteiger partial charge >= 0.3 is 0 Å². The molecule has 0 aliphatic rings. The molecule has 0 fully saturated rings. The fraction of sp³-hybridized carbons (Fsp3) is 0.571. The number of rotatable bonds is 10. The SMILES string of the molecule is CNCc1ccc(OCC(O)COCCOC)c(Cl)c1. The third-order valence-electron chi connectivity index (χ3n) is 2.55. The summed E-state index contributed by atoms with van der Waals surface area (Å²) in [6.45, 7) is 2.05. The molecule has 6 heteroatoms. The monoisotopic (exact) mass is 303 g/mol. The summed E-state index contributed by atoms with van der Waals surface area (Å²) in [5, 5.41) is 13.3. The van der Waals surface area contributed by atoms with Crippen LogP contribution >= 0.6 is 11.6 Å². The van der Waals surface area contributed by atoms with Crippen molar-refractivity contribution in [1.82, 2.24) is 5.32 Å². The number of hydrogen-bond donors (Lipinski definition) is 2. The van der Waals surface area contributed by atoms with E-state index < -0.39 is 6.10 Å². The van der Waals surface area contributed by atoms with E-state index in [1.165, 1.54) is 0 Å². The lowest BCUT2D eigenvalue weighted by atomic mass is 10.2. The van der Waals surface area contributed by atoms with Gasteiger partial charge in [0.05, 0.1) is 24.8 Å². The molecule has 20 heavy (non-hydrogen) atoms. The summed E-state index contributed by atoms with van der Waals surface area (Å²) in [5.41, 5.74) is 1.08. The minimum Gasteiger partial charge on any atom is -0.489 e. The van der Waals surface area contributed by atoms with E-state index in [1.54, 1.807) is 13.2 Å². The highest BCUT2D eigenvalue weighted by Gasteiger charge is 2.08. The highest BCUT2D eigenvalue weighted by Crippen LogP contribution is 2.25. The zero-order valence-corrected chi connectivity index (χ0v) is 12.7. The molecule has 0 aromatic heterocycles. The van der Waals surface area contributed by atoms with Crippen molar-refractivity contribution in [3.63, 3.8) is 0 Å². The minimum absolute atomic E-state index is 0.137. The average Bonchev–Trinajstić information content (AvgIpc) is 2.43. The van der Waals surface area contributed by atoms with Crippen molar-refractivity contribution in [3.05, 3.63) is 28.8 Å². The molecule has 2 N–H and O–H groups in total. The van der Waals surface area contributed by atoms with Gasteiger partial charge in [-0.25, -0.2) is 0 Å². The van der Waals surface area contributed by atoms with Crippen molar-refractivity contribution in [2.24, 2.45) is 0 Å². The van der Waals surface area contributed by atoms with Crippen LogP contribution in [0.25, 0.3) is 0 Å². The molecular formula is C14H22ClNO4. The second-order valence-electron chi connectivity index (χ2n) is 4.33. The van der Waals surface area contributed by atoms with E-state index in [0.29, 0.717) is 24.0 Å². The number of ether oxygens (including phenoxy) is 3. The molecule has 0 saturated carbocycles. The van der Waals surface area contributed by atoms with Crippen LogP contribution in [0.5, 0.6) is 5.75 Å². The summed E-state index contributed by atoms with van der Waals surface area (Å²) in [6.07, 6.45) is -0.695. The molecule has 1 rings (SSSR count). The predicted molar refractivity (Wildman–Crippen MR) is 78.4 cm³/mol. The Bertz CT molecular complexity index is 389. The standard InChI is InChI=1S/C14H22ClNO4/c1-16-8-11-3-4-14(13(15)7-11)20-10-12(17)9-19-6-5-18-2/h3-4,7,12,16-17H,5-6,8-10H2,1-2H3. The molecule has 1 atom stereocenters. The Morgan fingerprint density at radius 1 is 1.30 bits per heavy atom. The molecular weight excluding hydrogens is 282 g/mol. The zero-order chi connectivity index (χ0) is 14.8. The summed E-state index contributed by atoms with van der Waals surface area (Å²) < 4.78 is 15.5. The lowest BCUT2D eigenvalue weighted by Gasteiger charge is -2.14. The summed E-state index contributed by atoms with van der Waals surface area (Å²) in [5.74, 6) is 0.558. The molecule has 0 aliphatic carbocycles. The van der Waals surface area contributed by atoms with E-state index in [4.69, 9.17) is 25.8 Å². The maximum atomic E-state index is 9.70. The second kappa shape index (κ2) is 9.96. The van der Waals surface area contributed by atoms with E-state index in [1.807, 2.05) is 19.2 Å². The molecule has 0 aliphatic heterocycles. The second-order valence-corrected chi connectivity index (χ2v) is 4.73. The zero-order valence-electron chi connectivity index (χ0n) is 11.9. The molecule has 114 valence electrons. The van der Waals surface area contributed by atoms with Gasteiger partial charge in [-0.3, -0.25) is 0 Å². The number of benzene rings is 1. The van der Waals surface area contributed by atoms with Gasteiger partial charge in [0.2, 0.25) is 0 Å². The van der Waals surface area contributed by atoms with Crippen LogP contribution in [0.4, 0.5) is 0 Å². The highest BCUT2D eigenvalue weighted by atomic mass is 35.5. The highest BCUT2D eigenvalue weighted by molar-refractivity contribution is 6.32. The molecule has 5 nitrogen and oxygen atoms in total. The molecule has 0 bridgehead atoms. The van der Waals surface area contributed by atoms with Crippen LogP contribution in [-0.4, -0.2) is 51.8 Å². The first-order chi connectivity index (χ1) is 9.67. The van der Waals surface area contributed by atoms with E-state index >= 15 is 0 Å². The lowest BCUT2D eigenvalue weighted by Crippen LogP contribution is -2.24. The van der Waals surface area contributed by atoms with E-state index in [2.05, 4.69) is 5.32 Å². The normalized spacial score (nSPS) is 12.4.